The van der Waals surface area contributed by atoms with Crippen molar-refractivity contribution < 1.29 is 4.74 Å². The van der Waals surface area contributed by atoms with Crippen LogP contribution in [0.2, 0.25) is 5.28 Å². The van der Waals surface area contributed by atoms with Gasteiger partial charge in [0.1, 0.15) is 5.82 Å². The number of nitrogens with zero attached hydrogens (tertiary/aromatic N) is 3. The molecule has 0 saturated carbocycles. The van der Waals surface area contributed by atoms with Crippen molar-refractivity contribution in [3.63, 3.8) is 0 Å². The Labute approximate surface area is 94.6 Å². The van der Waals surface area contributed by atoms with Crippen molar-refractivity contribution in [2.45, 2.75) is 45.3 Å². The largest absolute Gasteiger partial charge is 0.376 e. The molecule has 5 heteroatoms. The molecule has 0 bridgehead atoms. The first kappa shape index (κ1) is 10.9. The molecule has 1 unspecified atom stereocenters. The second kappa shape index (κ2) is 4.94. The molecule has 0 amide bonds. The summed E-state index contributed by atoms with van der Waals surface area (Å²) in [5.41, 5.74) is 0. The maximum absolute atomic E-state index is 5.99. The zero-order valence-corrected chi connectivity index (χ0v) is 9.70. The van der Waals surface area contributed by atoms with Gasteiger partial charge in [-0.15, -0.1) is 10.2 Å². The summed E-state index contributed by atoms with van der Waals surface area (Å²) >= 11 is 5.99. The van der Waals surface area contributed by atoms with E-state index < -0.39 is 0 Å². The Morgan fingerprint density at radius 2 is 2.40 bits per heavy atom. The number of hydrogen-bond donors (Lipinski definition) is 0. The van der Waals surface area contributed by atoms with E-state index >= 15 is 0 Å². The highest BCUT2D eigenvalue weighted by Crippen LogP contribution is 2.18. The quantitative estimate of drug-likeness (QED) is 0.794. The van der Waals surface area contributed by atoms with Gasteiger partial charge in [0.05, 0.1) is 12.6 Å². The Morgan fingerprint density at radius 1 is 1.53 bits per heavy atom. The van der Waals surface area contributed by atoms with Crippen molar-refractivity contribution in [2.75, 3.05) is 6.61 Å². The van der Waals surface area contributed by atoms with Crippen LogP contribution in [0.4, 0.5) is 0 Å². The summed E-state index contributed by atoms with van der Waals surface area (Å²) in [6, 6.07) is 0. The van der Waals surface area contributed by atoms with E-state index in [2.05, 4.69) is 17.1 Å². The Kier molecular flexibility index (Phi) is 3.59. The first-order valence-corrected chi connectivity index (χ1v) is 5.88. The van der Waals surface area contributed by atoms with Crippen LogP contribution in [0, 0.1) is 0 Å². The van der Waals surface area contributed by atoms with Crippen LogP contribution in [0.1, 0.15) is 32.0 Å². The number of hydrogen-bond acceptors (Lipinski definition) is 3. The standard InChI is InChI=1S/C10H16ClN3O/c1-2-4-9-12-13-10(11)14(9)7-8-5-3-6-15-8/h8H,2-7H2,1H3. The van der Waals surface area contributed by atoms with Gasteiger partial charge in [0.2, 0.25) is 5.28 Å². The minimum atomic E-state index is 0.286. The van der Waals surface area contributed by atoms with Gasteiger partial charge in [-0.3, -0.25) is 4.57 Å². The summed E-state index contributed by atoms with van der Waals surface area (Å²) in [5.74, 6) is 0.970. The molecule has 1 aliphatic rings. The lowest BCUT2D eigenvalue weighted by Crippen LogP contribution is -2.17. The van der Waals surface area contributed by atoms with Crippen molar-refractivity contribution in [3.05, 3.63) is 11.1 Å². The van der Waals surface area contributed by atoms with Gasteiger partial charge in [-0.1, -0.05) is 6.92 Å². The smallest absolute Gasteiger partial charge is 0.225 e. The third-order valence-electron chi connectivity index (χ3n) is 2.67. The van der Waals surface area contributed by atoms with Crippen LogP contribution in [0.25, 0.3) is 0 Å². The molecule has 1 atom stereocenters. The van der Waals surface area contributed by atoms with Crippen LogP contribution in [0.15, 0.2) is 0 Å². The highest BCUT2D eigenvalue weighted by molar-refractivity contribution is 6.28. The molecule has 2 rings (SSSR count). The lowest BCUT2D eigenvalue weighted by molar-refractivity contribution is 0.0962. The Bertz CT molecular complexity index is 320. The minimum absolute atomic E-state index is 0.286. The molecule has 1 aromatic rings. The Balaban J connectivity index is 2.07. The number of halogens is 1. The summed E-state index contributed by atoms with van der Waals surface area (Å²) in [4.78, 5) is 0. The monoisotopic (exact) mass is 229 g/mol. The summed E-state index contributed by atoms with van der Waals surface area (Å²) in [6.07, 6.45) is 4.52. The predicted molar refractivity (Wildman–Crippen MR) is 58.0 cm³/mol. The van der Waals surface area contributed by atoms with E-state index in [1.54, 1.807) is 0 Å². The molecular weight excluding hydrogens is 214 g/mol. The van der Waals surface area contributed by atoms with Crippen molar-refractivity contribution in [1.82, 2.24) is 14.8 Å². The molecule has 1 fully saturated rings. The fourth-order valence-corrected chi connectivity index (χ4v) is 2.10. The van der Waals surface area contributed by atoms with Gasteiger partial charge in [0, 0.05) is 13.0 Å². The highest BCUT2D eigenvalue weighted by atomic mass is 35.5. The molecule has 1 aliphatic heterocycles. The molecule has 15 heavy (non-hydrogen) atoms. The van der Waals surface area contributed by atoms with Gasteiger partial charge in [-0.2, -0.15) is 0 Å². The predicted octanol–water partition coefficient (Wildman–Crippen LogP) is 2.06. The van der Waals surface area contributed by atoms with Gasteiger partial charge in [0.15, 0.2) is 0 Å². The zero-order chi connectivity index (χ0) is 10.7. The van der Waals surface area contributed by atoms with E-state index in [4.69, 9.17) is 16.3 Å². The Hall–Kier alpha value is -0.610. The van der Waals surface area contributed by atoms with E-state index in [1.807, 2.05) is 4.57 Å². The summed E-state index contributed by atoms with van der Waals surface area (Å²) in [5, 5.41) is 8.45. The third-order valence-corrected chi connectivity index (χ3v) is 2.95. The van der Waals surface area contributed by atoms with E-state index in [0.717, 1.165) is 44.7 Å². The van der Waals surface area contributed by atoms with Crippen molar-refractivity contribution in [1.29, 1.82) is 0 Å². The topological polar surface area (TPSA) is 39.9 Å². The van der Waals surface area contributed by atoms with Crippen molar-refractivity contribution in [3.8, 4) is 0 Å². The summed E-state index contributed by atoms with van der Waals surface area (Å²) < 4.78 is 7.55. The van der Waals surface area contributed by atoms with Crippen LogP contribution >= 0.6 is 11.6 Å². The molecule has 1 aromatic heterocycles. The summed E-state index contributed by atoms with van der Waals surface area (Å²) in [7, 11) is 0. The molecule has 2 heterocycles. The van der Waals surface area contributed by atoms with Gasteiger partial charge in [-0.05, 0) is 30.9 Å². The molecule has 1 saturated heterocycles. The maximum atomic E-state index is 5.99. The van der Waals surface area contributed by atoms with Crippen molar-refractivity contribution >= 4 is 11.6 Å². The average Bonchev–Trinajstić information content (AvgIpc) is 2.83. The average molecular weight is 230 g/mol. The molecule has 4 nitrogen and oxygen atoms in total. The third kappa shape index (κ3) is 2.49. The molecule has 0 spiro atoms. The Morgan fingerprint density at radius 3 is 3.07 bits per heavy atom. The number of ether oxygens (including phenoxy) is 1. The fourth-order valence-electron chi connectivity index (χ4n) is 1.89. The SMILES string of the molecule is CCCc1nnc(Cl)n1CC1CCCO1. The van der Waals surface area contributed by atoms with Gasteiger partial charge < -0.3 is 4.74 Å². The molecule has 0 aliphatic carbocycles. The molecular formula is C10H16ClN3O. The molecule has 84 valence electrons. The second-order valence-electron chi connectivity index (χ2n) is 3.88. The van der Waals surface area contributed by atoms with E-state index in [9.17, 15) is 0 Å². The first-order chi connectivity index (χ1) is 7.31. The normalized spacial score (nSPS) is 21.1. The lowest BCUT2D eigenvalue weighted by Gasteiger charge is -2.12. The van der Waals surface area contributed by atoms with Gasteiger partial charge >= 0.3 is 0 Å². The second-order valence-corrected chi connectivity index (χ2v) is 4.22. The molecule has 0 radical (unpaired) electrons. The van der Waals surface area contributed by atoms with Gasteiger partial charge in [0.25, 0.3) is 0 Å². The van der Waals surface area contributed by atoms with Crippen LogP contribution < -0.4 is 0 Å². The van der Waals surface area contributed by atoms with Crippen LogP contribution in [0.5, 0.6) is 0 Å². The minimum Gasteiger partial charge on any atom is -0.376 e. The molecule has 0 aromatic carbocycles. The fraction of sp³-hybridized carbons (Fsp3) is 0.800. The van der Waals surface area contributed by atoms with E-state index in [-0.39, 0.29) is 6.10 Å². The van der Waals surface area contributed by atoms with E-state index in [0.29, 0.717) is 5.28 Å². The first-order valence-electron chi connectivity index (χ1n) is 5.50. The number of rotatable bonds is 4. The van der Waals surface area contributed by atoms with Crippen LogP contribution in [0.3, 0.4) is 0 Å². The number of aryl methyl sites for hydroxylation is 1. The van der Waals surface area contributed by atoms with Crippen LogP contribution in [-0.2, 0) is 17.7 Å². The zero-order valence-electron chi connectivity index (χ0n) is 8.95. The lowest BCUT2D eigenvalue weighted by atomic mass is 10.2. The molecule has 0 N–H and O–H groups in total. The highest BCUT2D eigenvalue weighted by Gasteiger charge is 2.19. The van der Waals surface area contributed by atoms with Gasteiger partial charge in [-0.25, -0.2) is 0 Å². The van der Waals surface area contributed by atoms with Crippen LogP contribution in [-0.4, -0.2) is 27.5 Å². The van der Waals surface area contributed by atoms with E-state index in [1.165, 1.54) is 0 Å². The number of aromatic nitrogens is 3. The summed E-state index contributed by atoms with van der Waals surface area (Å²) in [6.45, 7) is 3.79. The van der Waals surface area contributed by atoms with Crippen molar-refractivity contribution in [2.24, 2.45) is 0 Å². The maximum Gasteiger partial charge on any atom is 0.225 e.